The molecule has 1 aromatic rings. The minimum absolute atomic E-state index is 0.113. The molecule has 1 unspecified atom stereocenters. The molecule has 17 heavy (non-hydrogen) atoms. The first-order chi connectivity index (χ1) is 8.20. The summed E-state index contributed by atoms with van der Waals surface area (Å²) in [5.41, 5.74) is 7.74. The minimum atomic E-state index is -0.791. The Labute approximate surface area is 99.6 Å². The van der Waals surface area contributed by atoms with E-state index in [0.29, 0.717) is 25.2 Å². The van der Waals surface area contributed by atoms with Crippen molar-refractivity contribution in [2.24, 2.45) is 0 Å². The van der Waals surface area contributed by atoms with E-state index in [-0.39, 0.29) is 5.78 Å². The summed E-state index contributed by atoms with van der Waals surface area (Å²) >= 11 is 0. The Morgan fingerprint density at radius 2 is 2.00 bits per heavy atom. The standard InChI is InChI=1S/C12H14N3O2/c13-12(17)15-7-6-14-8-10(15)11(16)9-4-2-1-3-5-9/h1-5,10,13-14H,6-8H2. The molecule has 0 aliphatic carbocycles. The van der Waals surface area contributed by atoms with Gasteiger partial charge in [0, 0.05) is 25.2 Å². The zero-order valence-electron chi connectivity index (χ0n) is 9.35. The number of nitrogens with zero attached hydrogens (tertiary/aromatic N) is 1. The van der Waals surface area contributed by atoms with Gasteiger partial charge < -0.3 is 10.2 Å². The van der Waals surface area contributed by atoms with Crippen molar-refractivity contribution in [1.82, 2.24) is 16.0 Å². The van der Waals surface area contributed by atoms with E-state index >= 15 is 0 Å². The van der Waals surface area contributed by atoms with Crippen LogP contribution in [0.25, 0.3) is 0 Å². The number of hydrogen-bond donors (Lipinski definition) is 1. The summed E-state index contributed by atoms with van der Waals surface area (Å²) in [5.74, 6) is -0.113. The predicted octanol–water partition coefficient (Wildman–Crippen LogP) is 0.546. The van der Waals surface area contributed by atoms with Crippen LogP contribution in [-0.4, -0.2) is 42.4 Å². The van der Waals surface area contributed by atoms with E-state index in [1.165, 1.54) is 4.90 Å². The number of carbonyl (C=O) groups excluding carboxylic acids is 2. The van der Waals surface area contributed by atoms with Gasteiger partial charge in [-0.25, -0.2) is 10.5 Å². The lowest BCUT2D eigenvalue weighted by Crippen LogP contribution is -2.56. The van der Waals surface area contributed by atoms with Crippen LogP contribution >= 0.6 is 0 Å². The molecule has 0 saturated carbocycles. The van der Waals surface area contributed by atoms with Crippen LogP contribution < -0.4 is 11.1 Å². The molecular formula is C12H14N3O2. The van der Waals surface area contributed by atoms with Gasteiger partial charge in [-0.2, -0.15) is 0 Å². The van der Waals surface area contributed by atoms with Gasteiger partial charge in [-0.3, -0.25) is 4.79 Å². The predicted molar refractivity (Wildman–Crippen MR) is 62.6 cm³/mol. The van der Waals surface area contributed by atoms with Crippen LogP contribution in [0.15, 0.2) is 30.3 Å². The lowest BCUT2D eigenvalue weighted by molar-refractivity contribution is 0.0824. The Balaban J connectivity index is 2.20. The fourth-order valence-corrected chi connectivity index (χ4v) is 1.98. The summed E-state index contributed by atoms with van der Waals surface area (Å²) in [5, 5.41) is 3.07. The third-order valence-electron chi connectivity index (χ3n) is 2.87. The van der Waals surface area contributed by atoms with Gasteiger partial charge in [0.1, 0.15) is 6.04 Å². The maximum Gasteiger partial charge on any atom is 0.336 e. The highest BCUT2D eigenvalue weighted by molar-refractivity contribution is 6.01. The number of amides is 2. The topological polar surface area (TPSA) is 73.2 Å². The lowest BCUT2D eigenvalue weighted by Gasteiger charge is -2.33. The van der Waals surface area contributed by atoms with E-state index in [1.807, 2.05) is 6.07 Å². The van der Waals surface area contributed by atoms with E-state index in [9.17, 15) is 9.59 Å². The normalized spacial score (nSPS) is 20.0. The number of benzene rings is 1. The maximum absolute atomic E-state index is 12.2. The van der Waals surface area contributed by atoms with Gasteiger partial charge >= 0.3 is 6.03 Å². The van der Waals surface area contributed by atoms with Crippen LogP contribution in [0.3, 0.4) is 0 Å². The van der Waals surface area contributed by atoms with Crippen molar-refractivity contribution in [2.75, 3.05) is 19.6 Å². The molecule has 1 aliphatic rings. The maximum atomic E-state index is 12.2. The van der Waals surface area contributed by atoms with Crippen molar-refractivity contribution in [2.45, 2.75) is 6.04 Å². The van der Waals surface area contributed by atoms with Crippen LogP contribution in [0, 0.1) is 0 Å². The number of rotatable bonds is 2. The molecule has 5 nitrogen and oxygen atoms in total. The highest BCUT2D eigenvalue weighted by Gasteiger charge is 2.31. The zero-order valence-corrected chi connectivity index (χ0v) is 9.35. The first-order valence-corrected chi connectivity index (χ1v) is 5.52. The molecule has 0 aromatic heterocycles. The van der Waals surface area contributed by atoms with Gasteiger partial charge in [-0.15, -0.1) is 0 Å². The Morgan fingerprint density at radius 1 is 1.29 bits per heavy atom. The monoisotopic (exact) mass is 232 g/mol. The highest BCUT2D eigenvalue weighted by atomic mass is 16.2. The molecule has 1 atom stereocenters. The van der Waals surface area contributed by atoms with E-state index < -0.39 is 12.1 Å². The van der Waals surface area contributed by atoms with Gasteiger partial charge in [0.05, 0.1) is 0 Å². The summed E-state index contributed by atoms with van der Waals surface area (Å²) < 4.78 is 0. The summed E-state index contributed by atoms with van der Waals surface area (Å²) in [7, 11) is 0. The third kappa shape index (κ3) is 2.45. The molecule has 0 bridgehead atoms. The third-order valence-corrected chi connectivity index (χ3v) is 2.87. The Bertz CT molecular complexity index is 419. The SMILES string of the molecule is [NH]C(=O)N1CCNCC1C(=O)c1ccccc1. The molecule has 1 aliphatic heterocycles. The van der Waals surface area contributed by atoms with Crippen molar-refractivity contribution in [3.05, 3.63) is 35.9 Å². The summed E-state index contributed by atoms with van der Waals surface area (Å²) in [4.78, 5) is 24.7. The van der Waals surface area contributed by atoms with E-state index in [4.69, 9.17) is 5.73 Å². The molecule has 2 rings (SSSR count). The Morgan fingerprint density at radius 3 is 2.65 bits per heavy atom. The first kappa shape index (κ1) is 11.6. The van der Waals surface area contributed by atoms with Gasteiger partial charge in [0.15, 0.2) is 5.78 Å². The molecule has 89 valence electrons. The van der Waals surface area contributed by atoms with Crippen molar-refractivity contribution < 1.29 is 9.59 Å². The number of carbonyl (C=O) groups is 2. The molecule has 0 spiro atoms. The molecular weight excluding hydrogens is 218 g/mol. The first-order valence-electron chi connectivity index (χ1n) is 5.52. The number of urea groups is 1. The number of Topliss-reactive ketones (excluding diaryl/α,β-unsaturated/α-hetero) is 1. The Kier molecular flexibility index (Phi) is 3.39. The smallest absolute Gasteiger partial charge is 0.312 e. The second-order valence-electron chi connectivity index (χ2n) is 3.95. The van der Waals surface area contributed by atoms with Crippen LogP contribution in [0.4, 0.5) is 4.79 Å². The van der Waals surface area contributed by atoms with Crippen LogP contribution in [0.5, 0.6) is 0 Å². The average Bonchev–Trinajstić information content (AvgIpc) is 2.39. The van der Waals surface area contributed by atoms with Crippen molar-refractivity contribution >= 4 is 11.8 Å². The van der Waals surface area contributed by atoms with Gasteiger partial charge in [0.25, 0.3) is 0 Å². The molecule has 1 radical (unpaired) electrons. The number of nitrogens with one attached hydrogen (secondary N) is 2. The lowest BCUT2D eigenvalue weighted by atomic mass is 10.0. The zero-order chi connectivity index (χ0) is 12.3. The van der Waals surface area contributed by atoms with E-state index in [0.717, 1.165) is 0 Å². The molecule has 1 fully saturated rings. The Hall–Kier alpha value is -1.88. The molecule has 1 aromatic carbocycles. The quantitative estimate of drug-likeness (QED) is 0.756. The number of ketones is 1. The van der Waals surface area contributed by atoms with Gasteiger partial charge in [-0.1, -0.05) is 30.3 Å². The van der Waals surface area contributed by atoms with Crippen LogP contribution in [0.2, 0.25) is 0 Å². The van der Waals surface area contributed by atoms with Crippen LogP contribution in [0.1, 0.15) is 10.4 Å². The fraction of sp³-hybridized carbons (Fsp3) is 0.333. The molecule has 2 N–H and O–H groups in total. The summed E-state index contributed by atoms with van der Waals surface area (Å²) in [6, 6.07) is 7.51. The van der Waals surface area contributed by atoms with Crippen LogP contribution in [-0.2, 0) is 0 Å². The highest BCUT2D eigenvalue weighted by Crippen LogP contribution is 2.11. The number of piperazine rings is 1. The second kappa shape index (κ2) is 4.97. The molecule has 5 heteroatoms. The largest absolute Gasteiger partial charge is 0.336 e. The molecule has 1 heterocycles. The van der Waals surface area contributed by atoms with Gasteiger partial charge in [-0.05, 0) is 0 Å². The van der Waals surface area contributed by atoms with Crippen molar-refractivity contribution in [1.29, 1.82) is 0 Å². The fourth-order valence-electron chi connectivity index (χ4n) is 1.98. The van der Waals surface area contributed by atoms with Gasteiger partial charge in [0.2, 0.25) is 0 Å². The minimum Gasteiger partial charge on any atom is -0.312 e. The van der Waals surface area contributed by atoms with E-state index in [1.54, 1.807) is 24.3 Å². The molecule has 2 amide bonds. The number of hydrogen-bond acceptors (Lipinski definition) is 3. The average molecular weight is 232 g/mol. The van der Waals surface area contributed by atoms with Crippen molar-refractivity contribution in [3.63, 3.8) is 0 Å². The summed E-state index contributed by atoms with van der Waals surface area (Å²) in [6.45, 7) is 1.45. The van der Waals surface area contributed by atoms with Crippen molar-refractivity contribution in [3.8, 4) is 0 Å². The summed E-state index contributed by atoms with van der Waals surface area (Å²) in [6.07, 6.45) is 0. The van der Waals surface area contributed by atoms with E-state index in [2.05, 4.69) is 5.32 Å². The second-order valence-corrected chi connectivity index (χ2v) is 3.95. The molecule has 1 saturated heterocycles.